The molecule has 0 saturated carbocycles. The highest BCUT2D eigenvalue weighted by molar-refractivity contribution is 5.69. The summed E-state index contributed by atoms with van der Waals surface area (Å²) in [5, 5.41) is 3.95. The molecule has 0 aliphatic heterocycles. The normalized spacial score (nSPS) is 10.5. The first-order valence-electron chi connectivity index (χ1n) is 5.90. The van der Waals surface area contributed by atoms with Gasteiger partial charge in [0.15, 0.2) is 5.82 Å². The van der Waals surface area contributed by atoms with Crippen LogP contribution in [-0.2, 0) is 6.42 Å². The van der Waals surface area contributed by atoms with Crippen molar-refractivity contribution in [2.24, 2.45) is 0 Å². The Bertz CT molecular complexity index is 679. The number of rotatable bonds is 3. The fraction of sp³-hybridized carbons (Fsp3) is 0.0714. The highest BCUT2D eigenvalue weighted by atomic mass is 16.5. The van der Waals surface area contributed by atoms with Crippen LogP contribution in [0.4, 0.5) is 5.69 Å². The van der Waals surface area contributed by atoms with Crippen molar-refractivity contribution in [1.29, 1.82) is 0 Å². The summed E-state index contributed by atoms with van der Waals surface area (Å²) in [6.45, 7) is 0. The number of nitrogen functional groups attached to an aromatic ring is 1. The summed E-state index contributed by atoms with van der Waals surface area (Å²) in [5.41, 5.74) is 8.15. The van der Waals surface area contributed by atoms with Gasteiger partial charge in [-0.2, -0.15) is 4.98 Å². The molecule has 0 atom stereocenters. The van der Waals surface area contributed by atoms with Gasteiger partial charge in [-0.15, -0.1) is 0 Å². The lowest BCUT2D eigenvalue weighted by atomic mass is 10.2. The zero-order valence-corrected chi connectivity index (χ0v) is 10.2. The van der Waals surface area contributed by atoms with Crippen molar-refractivity contribution in [2.45, 2.75) is 6.42 Å². The van der Waals surface area contributed by atoms with Gasteiger partial charge in [0, 0.05) is 17.6 Å². The van der Waals surface area contributed by atoms with E-state index in [1.807, 2.05) is 36.4 Å². The number of hydrogen-bond donors (Lipinski definition) is 1. The summed E-state index contributed by atoms with van der Waals surface area (Å²) in [7, 11) is 0. The van der Waals surface area contributed by atoms with Gasteiger partial charge in [-0.05, 0) is 24.3 Å². The zero-order valence-electron chi connectivity index (χ0n) is 10.2. The number of anilines is 1. The molecular formula is C14H12N4O. The van der Waals surface area contributed by atoms with Crippen LogP contribution in [0, 0.1) is 0 Å². The molecule has 3 rings (SSSR count). The first kappa shape index (κ1) is 11.4. The Morgan fingerprint density at radius 2 is 1.89 bits per heavy atom. The molecule has 0 saturated heterocycles. The molecule has 19 heavy (non-hydrogen) atoms. The predicted molar refractivity (Wildman–Crippen MR) is 71.2 cm³/mol. The van der Waals surface area contributed by atoms with Gasteiger partial charge in [-0.25, -0.2) is 0 Å². The fourth-order valence-electron chi connectivity index (χ4n) is 1.79. The minimum atomic E-state index is 0.434. The number of benzene rings is 1. The Hall–Kier alpha value is -2.69. The summed E-state index contributed by atoms with van der Waals surface area (Å²) >= 11 is 0. The number of para-hydroxylation sites is 1. The Morgan fingerprint density at radius 3 is 2.68 bits per heavy atom. The van der Waals surface area contributed by atoms with Crippen LogP contribution in [0.25, 0.3) is 11.5 Å². The van der Waals surface area contributed by atoms with Gasteiger partial charge in [-0.3, -0.25) is 4.98 Å². The van der Waals surface area contributed by atoms with Crippen molar-refractivity contribution in [3.8, 4) is 11.5 Å². The molecule has 0 fully saturated rings. The number of pyridine rings is 1. The monoisotopic (exact) mass is 252 g/mol. The van der Waals surface area contributed by atoms with Gasteiger partial charge in [0.2, 0.25) is 0 Å². The Morgan fingerprint density at radius 1 is 1.05 bits per heavy atom. The second kappa shape index (κ2) is 4.89. The van der Waals surface area contributed by atoms with Crippen molar-refractivity contribution in [3.63, 3.8) is 0 Å². The Balaban J connectivity index is 1.86. The first-order chi connectivity index (χ1) is 9.33. The number of nitrogens with zero attached hydrogens (tertiary/aromatic N) is 3. The van der Waals surface area contributed by atoms with Gasteiger partial charge < -0.3 is 10.3 Å². The van der Waals surface area contributed by atoms with Crippen LogP contribution < -0.4 is 5.73 Å². The van der Waals surface area contributed by atoms with E-state index >= 15 is 0 Å². The third kappa shape index (κ3) is 2.44. The average Bonchev–Trinajstić information content (AvgIpc) is 2.89. The van der Waals surface area contributed by atoms with Crippen LogP contribution in [0.1, 0.15) is 11.5 Å². The summed E-state index contributed by atoms with van der Waals surface area (Å²) in [6, 6.07) is 13.1. The summed E-state index contributed by atoms with van der Waals surface area (Å²) in [6.07, 6.45) is 2.28. The van der Waals surface area contributed by atoms with E-state index in [9.17, 15) is 0 Å². The van der Waals surface area contributed by atoms with Crippen molar-refractivity contribution in [1.82, 2.24) is 15.1 Å². The van der Waals surface area contributed by atoms with Crippen LogP contribution in [-0.4, -0.2) is 15.1 Å². The lowest BCUT2D eigenvalue weighted by Gasteiger charge is -1.97. The van der Waals surface area contributed by atoms with E-state index < -0.39 is 0 Å². The first-order valence-corrected chi connectivity index (χ1v) is 5.90. The number of nitrogens with two attached hydrogens (primary N) is 1. The van der Waals surface area contributed by atoms with E-state index in [1.165, 1.54) is 0 Å². The van der Waals surface area contributed by atoms with Crippen LogP contribution in [0.15, 0.2) is 53.2 Å². The third-order valence-corrected chi connectivity index (χ3v) is 2.72. The number of hydrogen-bond acceptors (Lipinski definition) is 5. The summed E-state index contributed by atoms with van der Waals surface area (Å²) in [4.78, 5) is 8.57. The largest absolute Gasteiger partial charge is 0.398 e. The van der Waals surface area contributed by atoms with E-state index in [2.05, 4.69) is 15.1 Å². The van der Waals surface area contributed by atoms with E-state index in [-0.39, 0.29) is 0 Å². The average molecular weight is 252 g/mol. The van der Waals surface area contributed by atoms with E-state index in [0.717, 1.165) is 11.3 Å². The molecule has 0 spiro atoms. The van der Waals surface area contributed by atoms with Crippen LogP contribution in [0.5, 0.6) is 0 Å². The molecule has 0 unspecified atom stereocenters. The fourth-order valence-corrected chi connectivity index (χ4v) is 1.79. The summed E-state index contributed by atoms with van der Waals surface area (Å²) < 4.78 is 5.23. The summed E-state index contributed by atoms with van der Waals surface area (Å²) in [5.74, 6) is 1.03. The topological polar surface area (TPSA) is 77.8 Å². The minimum absolute atomic E-state index is 0.434. The van der Waals surface area contributed by atoms with Gasteiger partial charge in [0.05, 0.1) is 12.0 Å². The maximum Gasteiger partial charge on any atom is 0.260 e. The molecule has 0 radical (unpaired) electrons. The maximum atomic E-state index is 5.87. The zero-order chi connectivity index (χ0) is 13.1. The molecule has 5 nitrogen and oxygen atoms in total. The molecule has 5 heteroatoms. The van der Waals surface area contributed by atoms with Gasteiger partial charge in [-0.1, -0.05) is 23.4 Å². The van der Waals surface area contributed by atoms with Crippen molar-refractivity contribution in [3.05, 3.63) is 60.2 Å². The van der Waals surface area contributed by atoms with E-state index in [0.29, 0.717) is 23.8 Å². The molecule has 0 aliphatic carbocycles. The highest BCUT2D eigenvalue weighted by Crippen LogP contribution is 2.23. The molecule has 2 heterocycles. The minimum Gasteiger partial charge on any atom is -0.398 e. The van der Waals surface area contributed by atoms with Gasteiger partial charge >= 0.3 is 0 Å². The van der Waals surface area contributed by atoms with Crippen LogP contribution >= 0.6 is 0 Å². The molecule has 3 aromatic rings. The van der Waals surface area contributed by atoms with E-state index in [4.69, 9.17) is 10.3 Å². The molecular weight excluding hydrogens is 240 g/mol. The standard InChI is InChI=1S/C14H12N4O/c15-12-7-2-1-6-11(12)14-17-13(18-19-14)9-10-5-3-4-8-16-10/h1-8H,9,15H2. The molecule has 2 aromatic heterocycles. The maximum absolute atomic E-state index is 5.87. The molecule has 2 N–H and O–H groups in total. The third-order valence-electron chi connectivity index (χ3n) is 2.72. The smallest absolute Gasteiger partial charge is 0.260 e. The van der Waals surface area contributed by atoms with Crippen molar-refractivity contribution in [2.75, 3.05) is 5.73 Å². The molecule has 0 aliphatic rings. The lowest BCUT2D eigenvalue weighted by Crippen LogP contribution is -1.93. The molecule has 94 valence electrons. The quantitative estimate of drug-likeness (QED) is 0.724. The second-order valence-corrected chi connectivity index (χ2v) is 4.10. The van der Waals surface area contributed by atoms with Crippen molar-refractivity contribution < 1.29 is 4.52 Å². The van der Waals surface area contributed by atoms with Crippen LogP contribution in [0.3, 0.4) is 0 Å². The lowest BCUT2D eigenvalue weighted by molar-refractivity contribution is 0.424. The molecule has 0 amide bonds. The van der Waals surface area contributed by atoms with Crippen molar-refractivity contribution >= 4 is 5.69 Å². The second-order valence-electron chi connectivity index (χ2n) is 4.10. The van der Waals surface area contributed by atoms with Gasteiger partial charge in [0.25, 0.3) is 5.89 Å². The molecule has 0 bridgehead atoms. The molecule has 1 aromatic carbocycles. The predicted octanol–water partition coefficient (Wildman–Crippen LogP) is 2.30. The number of aromatic nitrogens is 3. The van der Waals surface area contributed by atoms with Crippen LogP contribution in [0.2, 0.25) is 0 Å². The van der Waals surface area contributed by atoms with Gasteiger partial charge in [0.1, 0.15) is 0 Å². The Kier molecular flexibility index (Phi) is 2.94. The van der Waals surface area contributed by atoms with E-state index in [1.54, 1.807) is 12.3 Å². The highest BCUT2D eigenvalue weighted by Gasteiger charge is 2.11. The SMILES string of the molecule is Nc1ccccc1-c1nc(Cc2ccccn2)no1. The Labute approximate surface area is 110 Å².